The van der Waals surface area contributed by atoms with Gasteiger partial charge in [-0.2, -0.15) is 0 Å². The number of Topliss-reactive ketones (excluding diaryl/α,β-unsaturated/α-hetero) is 1. The number of carbonyl (C=O) groups is 1. The van der Waals surface area contributed by atoms with Crippen LogP contribution in [-0.4, -0.2) is 27.8 Å². The molecule has 0 aliphatic heterocycles. The van der Waals surface area contributed by atoms with Crippen LogP contribution in [0, 0.1) is 0 Å². The van der Waals surface area contributed by atoms with E-state index in [4.69, 9.17) is 4.98 Å². The molecule has 0 saturated carbocycles. The van der Waals surface area contributed by atoms with Gasteiger partial charge in [0.2, 0.25) is 0 Å². The molecule has 4 aromatic rings. The number of ketones is 1. The number of carbonyl (C=O) groups excluding carboxylic acids is 1. The maximum Gasteiger partial charge on any atom is 0.163 e. The number of pyridine rings is 1. The number of anilines is 1. The highest BCUT2D eigenvalue weighted by molar-refractivity contribution is 5.94. The Morgan fingerprint density at radius 3 is 2.54 bits per heavy atom. The summed E-state index contributed by atoms with van der Waals surface area (Å²) in [5.74, 6) is 1.72. The van der Waals surface area contributed by atoms with Gasteiger partial charge in [0, 0.05) is 43.2 Å². The molecule has 1 aliphatic rings. The van der Waals surface area contributed by atoms with Gasteiger partial charge in [-0.05, 0) is 46.5 Å². The predicted octanol–water partition coefficient (Wildman–Crippen LogP) is 4.07. The molecule has 0 bridgehead atoms. The van der Waals surface area contributed by atoms with Crippen molar-refractivity contribution >= 4 is 22.5 Å². The van der Waals surface area contributed by atoms with Crippen LogP contribution in [0.1, 0.15) is 11.1 Å². The minimum atomic E-state index is 0.291. The molecule has 0 spiro atoms. The van der Waals surface area contributed by atoms with Crippen LogP contribution in [-0.2, 0) is 17.6 Å². The highest BCUT2D eigenvalue weighted by Gasteiger charge is 2.19. The summed E-state index contributed by atoms with van der Waals surface area (Å²) in [4.78, 5) is 25.3. The fourth-order valence-electron chi connectivity index (χ4n) is 3.75. The molecule has 2 aromatic carbocycles. The summed E-state index contributed by atoms with van der Waals surface area (Å²) >= 11 is 0. The lowest BCUT2D eigenvalue weighted by molar-refractivity contribution is -0.117. The van der Waals surface area contributed by atoms with Crippen molar-refractivity contribution in [3.8, 4) is 22.5 Å². The van der Waals surface area contributed by atoms with E-state index in [1.807, 2.05) is 25.2 Å². The Labute approximate surface area is 162 Å². The van der Waals surface area contributed by atoms with Crippen LogP contribution in [0.2, 0.25) is 0 Å². The normalized spacial score (nSPS) is 13.0. The zero-order chi connectivity index (χ0) is 19.1. The Kier molecular flexibility index (Phi) is 3.86. The SMILES string of the molecule is CNc1nc(-c2cccnc2)nc2ccc(-c3ccc4c(c3)CC(=O)C4)cc12. The van der Waals surface area contributed by atoms with Gasteiger partial charge in [-0.15, -0.1) is 0 Å². The molecular formula is C23H18N4O. The quantitative estimate of drug-likeness (QED) is 0.592. The van der Waals surface area contributed by atoms with E-state index in [0.29, 0.717) is 24.4 Å². The number of benzene rings is 2. The van der Waals surface area contributed by atoms with Gasteiger partial charge in [-0.1, -0.05) is 24.3 Å². The average molecular weight is 366 g/mol. The predicted molar refractivity (Wildman–Crippen MR) is 110 cm³/mol. The molecule has 0 atom stereocenters. The lowest BCUT2D eigenvalue weighted by Gasteiger charge is -2.11. The van der Waals surface area contributed by atoms with Crippen LogP contribution in [0.4, 0.5) is 5.82 Å². The van der Waals surface area contributed by atoms with Crippen molar-refractivity contribution in [2.45, 2.75) is 12.8 Å². The first kappa shape index (κ1) is 16.6. The highest BCUT2D eigenvalue weighted by atomic mass is 16.1. The van der Waals surface area contributed by atoms with E-state index in [1.54, 1.807) is 12.4 Å². The first-order valence-corrected chi connectivity index (χ1v) is 9.25. The zero-order valence-corrected chi connectivity index (χ0v) is 15.4. The average Bonchev–Trinajstić information content (AvgIpc) is 3.12. The monoisotopic (exact) mass is 366 g/mol. The van der Waals surface area contributed by atoms with E-state index in [1.165, 1.54) is 0 Å². The summed E-state index contributed by atoms with van der Waals surface area (Å²) in [5, 5.41) is 4.15. The van der Waals surface area contributed by atoms with Crippen LogP contribution in [0.5, 0.6) is 0 Å². The largest absolute Gasteiger partial charge is 0.373 e. The second-order valence-corrected chi connectivity index (χ2v) is 7.00. The minimum absolute atomic E-state index is 0.291. The molecule has 0 fully saturated rings. The van der Waals surface area contributed by atoms with Crippen molar-refractivity contribution in [2.24, 2.45) is 0 Å². The fraction of sp³-hybridized carbons (Fsp3) is 0.130. The lowest BCUT2D eigenvalue weighted by atomic mass is 9.99. The molecule has 0 amide bonds. The van der Waals surface area contributed by atoms with Crippen LogP contribution < -0.4 is 5.32 Å². The maximum atomic E-state index is 11.7. The van der Waals surface area contributed by atoms with Crippen molar-refractivity contribution in [3.63, 3.8) is 0 Å². The second kappa shape index (κ2) is 6.53. The molecule has 5 nitrogen and oxygen atoms in total. The van der Waals surface area contributed by atoms with E-state index in [0.717, 1.165) is 44.5 Å². The fourth-order valence-corrected chi connectivity index (χ4v) is 3.75. The Morgan fingerprint density at radius 1 is 0.893 bits per heavy atom. The van der Waals surface area contributed by atoms with Gasteiger partial charge < -0.3 is 5.32 Å². The van der Waals surface area contributed by atoms with Crippen molar-refractivity contribution in [1.29, 1.82) is 0 Å². The molecule has 2 heterocycles. The van der Waals surface area contributed by atoms with Gasteiger partial charge in [-0.3, -0.25) is 9.78 Å². The number of fused-ring (bicyclic) bond motifs is 2. The van der Waals surface area contributed by atoms with E-state index in [9.17, 15) is 4.79 Å². The second-order valence-electron chi connectivity index (χ2n) is 7.00. The molecule has 2 aromatic heterocycles. The Hall–Kier alpha value is -3.60. The molecule has 1 N–H and O–H groups in total. The molecule has 5 rings (SSSR count). The van der Waals surface area contributed by atoms with Gasteiger partial charge in [0.05, 0.1) is 5.52 Å². The smallest absolute Gasteiger partial charge is 0.163 e. The Bertz CT molecular complexity index is 1220. The summed E-state index contributed by atoms with van der Waals surface area (Å²) in [7, 11) is 1.86. The Morgan fingerprint density at radius 2 is 1.71 bits per heavy atom. The summed E-state index contributed by atoms with van der Waals surface area (Å²) in [5.41, 5.74) is 6.23. The third kappa shape index (κ3) is 2.81. The number of aromatic nitrogens is 3. The third-order valence-corrected chi connectivity index (χ3v) is 5.17. The van der Waals surface area contributed by atoms with Crippen molar-refractivity contribution in [3.05, 3.63) is 72.1 Å². The van der Waals surface area contributed by atoms with Crippen molar-refractivity contribution < 1.29 is 4.79 Å². The molecule has 28 heavy (non-hydrogen) atoms. The van der Waals surface area contributed by atoms with Gasteiger partial charge >= 0.3 is 0 Å². The van der Waals surface area contributed by atoms with Gasteiger partial charge in [0.15, 0.2) is 5.82 Å². The number of hydrogen-bond donors (Lipinski definition) is 1. The van der Waals surface area contributed by atoms with E-state index in [-0.39, 0.29) is 0 Å². The molecule has 0 unspecified atom stereocenters. The number of nitrogens with one attached hydrogen (secondary N) is 1. The molecular weight excluding hydrogens is 348 g/mol. The first-order chi connectivity index (χ1) is 13.7. The van der Waals surface area contributed by atoms with E-state index < -0.39 is 0 Å². The molecule has 0 radical (unpaired) electrons. The molecule has 5 heteroatoms. The summed E-state index contributed by atoms with van der Waals surface area (Å²) in [6.45, 7) is 0. The van der Waals surface area contributed by atoms with E-state index >= 15 is 0 Å². The van der Waals surface area contributed by atoms with Gasteiger partial charge in [0.1, 0.15) is 11.6 Å². The summed E-state index contributed by atoms with van der Waals surface area (Å²) in [6.07, 6.45) is 4.60. The summed E-state index contributed by atoms with van der Waals surface area (Å²) in [6, 6.07) is 16.3. The third-order valence-electron chi connectivity index (χ3n) is 5.17. The topological polar surface area (TPSA) is 67.8 Å². The van der Waals surface area contributed by atoms with Crippen molar-refractivity contribution in [1.82, 2.24) is 15.0 Å². The molecule has 136 valence electrons. The zero-order valence-electron chi connectivity index (χ0n) is 15.4. The standard InChI is InChI=1S/C23H18N4O/c1-24-23-20-12-16(14-4-5-15-10-19(28)11-18(15)9-14)6-7-21(20)26-22(27-23)17-3-2-8-25-13-17/h2-9,12-13H,10-11H2,1H3,(H,24,26,27). The van der Waals surface area contributed by atoms with Crippen LogP contribution in [0.3, 0.4) is 0 Å². The molecule has 1 aliphatic carbocycles. The number of nitrogens with zero attached hydrogens (tertiary/aromatic N) is 3. The summed E-state index contributed by atoms with van der Waals surface area (Å²) < 4.78 is 0. The van der Waals surface area contributed by atoms with Gasteiger partial charge in [0.25, 0.3) is 0 Å². The van der Waals surface area contributed by atoms with Crippen LogP contribution >= 0.6 is 0 Å². The maximum absolute atomic E-state index is 11.7. The first-order valence-electron chi connectivity index (χ1n) is 9.25. The highest BCUT2D eigenvalue weighted by Crippen LogP contribution is 2.31. The minimum Gasteiger partial charge on any atom is -0.373 e. The number of hydrogen-bond acceptors (Lipinski definition) is 5. The molecule has 0 saturated heterocycles. The van der Waals surface area contributed by atoms with Crippen molar-refractivity contribution in [2.75, 3.05) is 12.4 Å². The van der Waals surface area contributed by atoms with Crippen LogP contribution in [0.15, 0.2) is 60.9 Å². The lowest BCUT2D eigenvalue weighted by Crippen LogP contribution is -1.99. The number of rotatable bonds is 3. The van der Waals surface area contributed by atoms with Gasteiger partial charge in [-0.25, -0.2) is 9.97 Å². The van der Waals surface area contributed by atoms with E-state index in [2.05, 4.69) is 45.6 Å². The Balaban J connectivity index is 1.62. The van der Waals surface area contributed by atoms with Crippen LogP contribution in [0.25, 0.3) is 33.4 Å².